The lowest BCUT2D eigenvalue weighted by atomic mass is 10.3. The van der Waals surface area contributed by atoms with E-state index >= 15 is 0 Å². The van der Waals surface area contributed by atoms with E-state index in [1.807, 2.05) is 0 Å². The van der Waals surface area contributed by atoms with Gasteiger partial charge in [0.25, 0.3) is 0 Å². The van der Waals surface area contributed by atoms with Crippen LogP contribution >= 0.6 is 23.4 Å². The number of sulfonamides is 1. The van der Waals surface area contributed by atoms with Crippen molar-refractivity contribution in [2.24, 2.45) is 0 Å². The smallest absolute Gasteiger partial charge is 0.243 e. The van der Waals surface area contributed by atoms with Gasteiger partial charge in [0.2, 0.25) is 15.9 Å². The number of carbonyl (C=O) groups excluding carboxylic acids is 1. The summed E-state index contributed by atoms with van der Waals surface area (Å²) in [6.45, 7) is 4.34. The minimum atomic E-state index is -3.53. The molecule has 0 bridgehead atoms. The summed E-state index contributed by atoms with van der Waals surface area (Å²) in [5.74, 6) is -0.661. The van der Waals surface area contributed by atoms with Gasteiger partial charge in [0, 0.05) is 23.7 Å². The summed E-state index contributed by atoms with van der Waals surface area (Å²) < 4.78 is 39.4. The molecule has 0 aliphatic carbocycles. The predicted octanol–water partition coefficient (Wildman–Crippen LogP) is 4.24. The van der Waals surface area contributed by atoms with E-state index in [2.05, 4.69) is 5.32 Å². The molecule has 9 heteroatoms. The molecule has 146 valence electrons. The van der Waals surface area contributed by atoms with Crippen LogP contribution in [0.3, 0.4) is 0 Å². The van der Waals surface area contributed by atoms with Gasteiger partial charge in [-0.25, -0.2) is 12.8 Å². The second kappa shape index (κ2) is 9.54. The third-order valence-corrected chi connectivity index (χ3v) is 7.09. The number of anilines is 1. The van der Waals surface area contributed by atoms with E-state index in [1.54, 1.807) is 32.0 Å². The number of halogens is 2. The Hall–Kier alpha value is -1.61. The van der Waals surface area contributed by atoms with Crippen LogP contribution in [-0.2, 0) is 14.8 Å². The van der Waals surface area contributed by atoms with Crippen molar-refractivity contribution in [3.63, 3.8) is 0 Å². The summed E-state index contributed by atoms with van der Waals surface area (Å²) in [7, 11) is -3.53. The summed E-state index contributed by atoms with van der Waals surface area (Å²) in [4.78, 5) is 12.9. The van der Waals surface area contributed by atoms with Gasteiger partial charge in [0.1, 0.15) is 5.82 Å². The lowest BCUT2D eigenvalue weighted by Crippen LogP contribution is -2.30. The number of nitrogens with zero attached hydrogens (tertiary/aromatic N) is 1. The van der Waals surface area contributed by atoms with Crippen molar-refractivity contribution in [1.82, 2.24) is 4.31 Å². The Morgan fingerprint density at radius 2 is 1.78 bits per heavy atom. The van der Waals surface area contributed by atoms with Gasteiger partial charge in [0.15, 0.2) is 0 Å². The quantitative estimate of drug-likeness (QED) is 0.636. The van der Waals surface area contributed by atoms with E-state index in [9.17, 15) is 17.6 Å². The molecule has 0 aromatic heterocycles. The molecule has 0 saturated heterocycles. The molecule has 0 atom stereocenters. The Balaban J connectivity index is 1.97. The molecule has 1 N–H and O–H groups in total. The zero-order valence-corrected chi connectivity index (χ0v) is 17.3. The van der Waals surface area contributed by atoms with Gasteiger partial charge >= 0.3 is 0 Å². The zero-order chi connectivity index (χ0) is 20.0. The number of amides is 1. The fourth-order valence-electron chi connectivity index (χ4n) is 2.34. The van der Waals surface area contributed by atoms with Gasteiger partial charge in [-0.2, -0.15) is 4.31 Å². The standard InChI is InChI=1S/C18H20ClFN2O3S2/c1-3-22(4-2)27(24,25)15-8-5-13(6-9-15)21-18(23)12-26-14-7-10-17(20)16(19)11-14/h5-11H,3-4,12H2,1-2H3,(H,21,23). The van der Waals surface area contributed by atoms with Gasteiger partial charge in [-0.3, -0.25) is 4.79 Å². The number of nitrogens with one attached hydrogen (secondary N) is 1. The first-order chi connectivity index (χ1) is 12.8. The molecule has 0 aliphatic heterocycles. The van der Waals surface area contributed by atoms with Crippen LogP contribution in [0, 0.1) is 5.82 Å². The molecule has 2 aromatic carbocycles. The number of hydrogen-bond donors (Lipinski definition) is 1. The fourth-order valence-corrected chi connectivity index (χ4v) is 4.77. The SMILES string of the molecule is CCN(CC)S(=O)(=O)c1ccc(NC(=O)CSc2ccc(F)c(Cl)c2)cc1. The maximum absolute atomic E-state index is 13.1. The minimum Gasteiger partial charge on any atom is -0.325 e. The molecule has 2 rings (SSSR count). The van der Waals surface area contributed by atoms with Crippen molar-refractivity contribution in [3.8, 4) is 0 Å². The highest BCUT2D eigenvalue weighted by Gasteiger charge is 2.21. The molecule has 0 spiro atoms. The van der Waals surface area contributed by atoms with Crippen LogP contribution in [0.2, 0.25) is 5.02 Å². The molecule has 2 aromatic rings. The highest BCUT2D eigenvalue weighted by molar-refractivity contribution is 8.00. The van der Waals surface area contributed by atoms with E-state index in [0.29, 0.717) is 23.7 Å². The van der Waals surface area contributed by atoms with E-state index in [4.69, 9.17) is 11.6 Å². The number of rotatable bonds is 8. The summed E-state index contributed by atoms with van der Waals surface area (Å²) in [5.41, 5.74) is 0.497. The Kier molecular flexibility index (Phi) is 7.67. The van der Waals surface area contributed by atoms with Crippen molar-refractivity contribution < 1.29 is 17.6 Å². The summed E-state index contributed by atoms with van der Waals surface area (Å²) in [6, 6.07) is 10.3. The Bertz CT molecular complexity index is 901. The molecule has 5 nitrogen and oxygen atoms in total. The third kappa shape index (κ3) is 5.68. The summed E-state index contributed by atoms with van der Waals surface area (Å²) in [6.07, 6.45) is 0. The first kappa shape index (κ1) is 21.7. The molecule has 0 radical (unpaired) electrons. The first-order valence-corrected chi connectivity index (χ1v) is 11.1. The topological polar surface area (TPSA) is 66.5 Å². The van der Waals surface area contributed by atoms with Crippen LogP contribution in [0.25, 0.3) is 0 Å². The number of hydrogen-bond acceptors (Lipinski definition) is 4. The second-order valence-electron chi connectivity index (χ2n) is 5.53. The Labute approximate surface area is 168 Å². The van der Waals surface area contributed by atoms with E-state index in [-0.39, 0.29) is 21.6 Å². The Morgan fingerprint density at radius 3 is 2.33 bits per heavy atom. The summed E-state index contributed by atoms with van der Waals surface area (Å²) >= 11 is 6.93. The van der Waals surface area contributed by atoms with Gasteiger partial charge in [-0.05, 0) is 42.5 Å². The average molecular weight is 431 g/mol. The minimum absolute atomic E-state index is 0.00501. The number of thioether (sulfide) groups is 1. The molecule has 0 unspecified atom stereocenters. The van der Waals surface area contributed by atoms with Crippen molar-refractivity contribution in [2.75, 3.05) is 24.2 Å². The Morgan fingerprint density at radius 1 is 1.15 bits per heavy atom. The second-order valence-corrected chi connectivity index (χ2v) is 8.92. The lowest BCUT2D eigenvalue weighted by Gasteiger charge is -2.18. The molecule has 1 amide bonds. The fraction of sp³-hybridized carbons (Fsp3) is 0.278. The van der Waals surface area contributed by atoms with Crippen molar-refractivity contribution in [2.45, 2.75) is 23.6 Å². The van der Waals surface area contributed by atoms with Crippen molar-refractivity contribution in [3.05, 3.63) is 53.3 Å². The van der Waals surface area contributed by atoms with E-state index in [0.717, 1.165) is 0 Å². The maximum Gasteiger partial charge on any atom is 0.243 e. The molecule has 0 fully saturated rings. The molecule has 0 aliphatic rings. The maximum atomic E-state index is 13.1. The third-order valence-electron chi connectivity index (χ3n) is 3.74. The predicted molar refractivity (Wildman–Crippen MR) is 107 cm³/mol. The number of carbonyl (C=O) groups is 1. The van der Waals surface area contributed by atoms with Crippen LogP contribution < -0.4 is 5.32 Å². The van der Waals surface area contributed by atoms with Gasteiger partial charge in [-0.15, -0.1) is 11.8 Å². The molecule has 0 heterocycles. The number of benzene rings is 2. The van der Waals surface area contributed by atoms with Gasteiger partial charge in [-0.1, -0.05) is 25.4 Å². The van der Waals surface area contributed by atoms with Crippen molar-refractivity contribution in [1.29, 1.82) is 0 Å². The van der Waals surface area contributed by atoms with Gasteiger partial charge < -0.3 is 5.32 Å². The van der Waals surface area contributed by atoms with Crippen LogP contribution in [-0.4, -0.2) is 37.5 Å². The van der Waals surface area contributed by atoms with Crippen molar-refractivity contribution >= 4 is 45.0 Å². The average Bonchev–Trinajstić information content (AvgIpc) is 2.64. The largest absolute Gasteiger partial charge is 0.325 e. The molecule has 27 heavy (non-hydrogen) atoms. The zero-order valence-electron chi connectivity index (χ0n) is 14.9. The monoisotopic (exact) mass is 430 g/mol. The van der Waals surface area contributed by atoms with Crippen LogP contribution in [0.15, 0.2) is 52.3 Å². The van der Waals surface area contributed by atoms with Crippen LogP contribution in [0.1, 0.15) is 13.8 Å². The summed E-state index contributed by atoms with van der Waals surface area (Å²) in [5, 5.41) is 2.70. The normalized spacial score (nSPS) is 11.6. The molecular weight excluding hydrogens is 411 g/mol. The van der Waals surface area contributed by atoms with E-state index in [1.165, 1.54) is 40.3 Å². The first-order valence-electron chi connectivity index (χ1n) is 8.25. The van der Waals surface area contributed by atoms with Crippen LogP contribution in [0.4, 0.5) is 10.1 Å². The molecule has 0 saturated carbocycles. The van der Waals surface area contributed by atoms with Crippen LogP contribution in [0.5, 0.6) is 0 Å². The highest BCUT2D eigenvalue weighted by atomic mass is 35.5. The molecular formula is C18H20ClFN2O3S2. The lowest BCUT2D eigenvalue weighted by molar-refractivity contribution is -0.113. The highest BCUT2D eigenvalue weighted by Crippen LogP contribution is 2.24. The van der Waals surface area contributed by atoms with Gasteiger partial charge in [0.05, 0.1) is 15.7 Å². The van der Waals surface area contributed by atoms with E-state index < -0.39 is 15.8 Å².